The van der Waals surface area contributed by atoms with E-state index in [9.17, 15) is 12.9 Å². The van der Waals surface area contributed by atoms with Crippen LogP contribution in [0.4, 0.5) is 12.9 Å². The third-order valence-corrected chi connectivity index (χ3v) is 2.43. The van der Waals surface area contributed by atoms with Crippen molar-refractivity contribution in [3.8, 4) is 5.75 Å². The van der Waals surface area contributed by atoms with Gasteiger partial charge in [-0.05, 0) is 23.6 Å². The molecule has 0 unspecified atom stereocenters. The van der Waals surface area contributed by atoms with Gasteiger partial charge in [-0.2, -0.15) is 0 Å². The zero-order chi connectivity index (χ0) is 13.1. The Bertz CT molecular complexity index is 387. The molecule has 0 spiro atoms. The van der Waals surface area contributed by atoms with Crippen LogP contribution in [0.15, 0.2) is 36.3 Å². The quantitative estimate of drug-likeness (QED) is 0.736. The normalized spacial score (nSPS) is 11.0. The average molecular weight is 282 g/mol. The number of hydrogen-bond acceptors (Lipinski definition) is 1. The van der Waals surface area contributed by atoms with Gasteiger partial charge in [0.1, 0.15) is 5.75 Å². The van der Waals surface area contributed by atoms with Crippen molar-refractivity contribution in [2.24, 2.45) is 0 Å². The number of ether oxygens (including phenoxy) is 1. The first kappa shape index (κ1) is 18.3. The van der Waals surface area contributed by atoms with E-state index in [-0.39, 0.29) is 51.4 Å². The number of rotatable bonds is 5. The number of halogens is 3. The van der Waals surface area contributed by atoms with Crippen LogP contribution in [0.2, 0.25) is 0 Å². The molecule has 6 heteroatoms. The fourth-order valence-corrected chi connectivity index (χ4v) is 1.22. The van der Waals surface area contributed by atoms with Gasteiger partial charge in [0.15, 0.2) is 0 Å². The van der Waals surface area contributed by atoms with Crippen molar-refractivity contribution in [1.29, 1.82) is 0 Å². The fraction of sp³-hybridized carbons (Fsp3) is 0.333. The minimum atomic E-state index is -5.01. The van der Waals surface area contributed by atoms with E-state index in [1.165, 1.54) is 0 Å². The molecule has 0 aliphatic carbocycles. The largest absolute Gasteiger partial charge is 1.00 e. The summed E-state index contributed by atoms with van der Waals surface area (Å²) in [7, 11) is 0. The second-order valence-corrected chi connectivity index (χ2v) is 4.25. The third-order valence-electron chi connectivity index (χ3n) is 2.43. The van der Waals surface area contributed by atoms with Crippen molar-refractivity contribution in [2.75, 3.05) is 6.61 Å². The first-order valence-corrected chi connectivity index (χ1v) is 5.41. The van der Waals surface area contributed by atoms with Crippen LogP contribution in [0.1, 0.15) is 25.3 Å². The Morgan fingerprint density at radius 1 is 1.22 bits per heavy atom. The van der Waals surface area contributed by atoms with Crippen LogP contribution in [0.5, 0.6) is 5.75 Å². The fourth-order valence-electron chi connectivity index (χ4n) is 1.22. The summed E-state index contributed by atoms with van der Waals surface area (Å²) in [4.78, 5) is 0. The third kappa shape index (κ3) is 5.93. The molecule has 1 aromatic carbocycles. The maximum Gasteiger partial charge on any atom is 1.00 e. The molecule has 1 aromatic rings. The molecule has 18 heavy (non-hydrogen) atoms. The molecular weight excluding hydrogens is 267 g/mol. The van der Waals surface area contributed by atoms with Gasteiger partial charge in [0.2, 0.25) is 0 Å². The van der Waals surface area contributed by atoms with Crippen LogP contribution >= 0.6 is 0 Å². The van der Waals surface area contributed by atoms with Crippen molar-refractivity contribution in [1.82, 2.24) is 0 Å². The molecule has 0 saturated heterocycles. The Balaban J connectivity index is 0.00000289. The summed E-state index contributed by atoms with van der Waals surface area (Å²) in [5.74, 6) is 0.813. The van der Waals surface area contributed by atoms with E-state index in [2.05, 4.69) is 6.58 Å². The second kappa shape index (κ2) is 7.75. The summed E-state index contributed by atoms with van der Waals surface area (Å²) in [6, 6.07) is 7.04. The Morgan fingerprint density at radius 3 is 2.11 bits per heavy atom. The Labute approximate surface area is 148 Å². The van der Waals surface area contributed by atoms with E-state index in [4.69, 9.17) is 4.74 Å². The smallest absolute Gasteiger partial charge is 0.492 e. The van der Waals surface area contributed by atoms with Crippen molar-refractivity contribution < 1.29 is 69.1 Å². The van der Waals surface area contributed by atoms with Crippen LogP contribution in [0.3, 0.4) is 0 Å². The van der Waals surface area contributed by atoms with Gasteiger partial charge in [0, 0.05) is 0 Å². The first-order chi connectivity index (χ1) is 7.80. The van der Waals surface area contributed by atoms with E-state index in [1.54, 1.807) is 12.1 Å². The molecule has 0 radical (unpaired) electrons. The first-order valence-electron chi connectivity index (χ1n) is 5.41. The van der Waals surface area contributed by atoms with Gasteiger partial charge < -0.3 is 17.7 Å². The summed E-state index contributed by atoms with van der Waals surface area (Å²) in [6.45, 7) is 1.54. The van der Waals surface area contributed by atoms with Crippen LogP contribution < -0.4 is 56.1 Å². The zero-order valence-corrected chi connectivity index (χ0v) is 14.0. The van der Waals surface area contributed by atoms with Gasteiger partial charge >= 0.3 is 58.4 Å². The summed E-state index contributed by atoms with van der Waals surface area (Å²) in [5, 5.41) is 0. The Hall–Kier alpha value is 0.251. The molecule has 0 amide bonds. The van der Waals surface area contributed by atoms with E-state index >= 15 is 0 Å². The molecule has 0 bridgehead atoms. The predicted octanol–water partition coefficient (Wildman–Crippen LogP) is 1.14. The van der Waals surface area contributed by atoms with E-state index in [0.717, 1.165) is 5.56 Å². The van der Waals surface area contributed by atoms with Gasteiger partial charge in [-0.15, -0.1) is 12.1 Å². The van der Waals surface area contributed by atoms with Crippen molar-refractivity contribution in [3.05, 3.63) is 41.9 Å². The topological polar surface area (TPSA) is 9.23 Å². The Morgan fingerprint density at radius 2 is 1.72 bits per heavy atom. The summed E-state index contributed by atoms with van der Waals surface area (Å²) < 4.78 is 41.6. The predicted molar refractivity (Wildman–Crippen MR) is 64.2 cm³/mol. The SMILES string of the molecule is C=C(COc1ccc(C(C)C)cc1)[B-](F)(F)F.[K+]. The van der Waals surface area contributed by atoms with Crippen LogP contribution in [0, 0.1) is 0 Å². The van der Waals surface area contributed by atoms with Crippen LogP contribution in [0.25, 0.3) is 0 Å². The maximum absolute atomic E-state index is 12.2. The van der Waals surface area contributed by atoms with Crippen LogP contribution in [-0.2, 0) is 0 Å². The molecule has 0 aliphatic rings. The minimum absolute atomic E-state index is 0. The molecule has 0 fully saturated rings. The summed E-state index contributed by atoms with van der Waals surface area (Å²) in [6.07, 6.45) is 0. The van der Waals surface area contributed by atoms with Gasteiger partial charge in [-0.25, -0.2) is 0 Å². The van der Waals surface area contributed by atoms with Crippen molar-refractivity contribution >= 4 is 6.98 Å². The molecule has 0 aromatic heterocycles. The standard InChI is InChI=1S/C12H15BF3O.K/c1-9(2)11-4-6-12(7-5-11)17-8-10(3)13(14,15)16;/h4-7,9H,3,8H2,1-2H3;/q-1;+1. The molecule has 0 saturated carbocycles. The minimum Gasteiger partial charge on any atom is -0.492 e. The molecule has 0 N–H and O–H groups in total. The monoisotopic (exact) mass is 282 g/mol. The number of benzene rings is 1. The zero-order valence-electron chi connectivity index (χ0n) is 10.9. The van der Waals surface area contributed by atoms with E-state index < -0.39 is 19.1 Å². The Kier molecular flexibility index (Phi) is 7.86. The van der Waals surface area contributed by atoms with E-state index in [1.807, 2.05) is 26.0 Å². The van der Waals surface area contributed by atoms with Crippen LogP contribution in [-0.4, -0.2) is 13.6 Å². The summed E-state index contributed by atoms with van der Waals surface area (Å²) in [5.41, 5.74) is 0.300. The van der Waals surface area contributed by atoms with Gasteiger partial charge in [-0.1, -0.05) is 26.0 Å². The van der Waals surface area contributed by atoms with Gasteiger partial charge in [0.25, 0.3) is 0 Å². The molecular formula is C12H15BF3KO. The average Bonchev–Trinajstić information content (AvgIpc) is 2.25. The molecule has 0 heterocycles. The molecule has 94 valence electrons. The molecule has 0 atom stereocenters. The molecule has 1 nitrogen and oxygen atoms in total. The number of hydrogen-bond donors (Lipinski definition) is 0. The summed E-state index contributed by atoms with van der Waals surface area (Å²) >= 11 is 0. The van der Waals surface area contributed by atoms with Crippen molar-refractivity contribution in [3.63, 3.8) is 0 Å². The van der Waals surface area contributed by atoms with Gasteiger partial charge in [-0.3, -0.25) is 0 Å². The van der Waals surface area contributed by atoms with E-state index in [0.29, 0.717) is 11.7 Å². The maximum atomic E-state index is 12.2. The second-order valence-electron chi connectivity index (χ2n) is 4.25. The molecule has 1 rings (SSSR count). The van der Waals surface area contributed by atoms with Crippen molar-refractivity contribution in [2.45, 2.75) is 19.8 Å². The van der Waals surface area contributed by atoms with Gasteiger partial charge in [0.05, 0.1) is 6.61 Å². The molecule has 0 aliphatic heterocycles.